The van der Waals surface area contributed by atoms with E-state index in [4.69, 9.17) is 28.9 Å². The molecule has 2 rings (SSSR count). The Morgan fingerprint density at radius 3 is 2.47 bits per heavy atom. The van der Waals surface area contributed by atoms with E-state index in [1.54, 1.807) is 18.3 Å². The standard InChI is InChI=1S/C11H8Cl2FN3/c12-7-4-6(5-8(13)10(7)14)17-9-2-1-3-16-11(9)15/h1-5,17H,(H2,15,16). The van der Waals surface area contributed by atoms with Crippen LogP contribution in [0.25, 0.3) is 0 Å². The van der Waals surface area contributed by atoms with Gasteiger partial charge in [-0.1, -0.05) is 23.2 Å². The van der Waals surface area contributed by atoms with E-state index >= 15 is 0 Å². The molecule has 0 bridgehead atoms. The van der Waals surface area contributed by atoms with E-state index < -0.39 is 5.82 Å². The van der Waals surface area contributed by atoms with Crippen LogP contribution in [0.4, 0.5) is 21.6 Å². The molecule has 2 aromatic rings. The molecule has 1 aromatic heterocycles. The number of nitrogens with zero attached hydrogens (tertiary/aromatic N) is 1. The minimum atomic E-state index is -0.641. The lowest BCUT2D eigenvalue weighted by atomic mass is 10.3. The maximum absolute atomic E-state index is 13.2. The molecular weight excluding hydrogens is 264 g/mol. The summed E-state index contributed by atoms with van der Waals surface area (Å²) >= 11 is 11.4. The summed E-state index contributed by atoms with van der Waals surface area (Å²) in [6.45, 7) is 0. The topological polar surface area (TPSA) is 50.9 Å². The molecule has 1 heterocycles. The number of pyridine rings is 1. The molecule has 0 aliphatic carbocycles. The number of halogens is 3. The molecule has 0 fully saturated rings. The molecule has 0 aliphatic heterocycles. The quantitative estimate of drug-likeness (QED) is 0.816. The van der Waals surface area contributed by atoms with Crippen molar-refractivity contribution in [2.45, 2.75) is 0 Å². The smallest absolute Gasteiger partial charge is 0.160 e. The molecular formula is C11H8Cl2FN3. The monoisotopic (exact) mass is 271 g/mol. The van der Waals surface area contributed by atoms with Crippen LogP contribution in [0.2, 0.25) is 10.0 Å². The second kappa shape index (κ2) is 4.77. The van der Waals surface area contributed by atoms with Gasteiger partial charge in [0.05, 0.1) is 15.7 Å². The third-order valence-electron chi connectivity index (χ3n) is 2.10. The summed E-state index contributed by atoms with van der Waals surface area (Å²) in [6.07, 6.45) is 1.57. The molecule has 0 radical (unpaired) electrons. The second-order valence-corrected chi connectivity index (χ2v) is 4.13. The molecule has 0 saturated carbocycles. The summed E-state index contributed by atoms with van der Waals surface area (Å²) in [5, 5.41) is 2.85. The summed E-state index contributed by atoms with van der Waals surface area (Å²) in [6, 6.07) is 6.32. The van der Waals surface area contributed by atoms with E-state index in [2.05, 4.69) is 10.3 Å². The predicted octanol–water partition coefficient (Wildman–Crippen LogP) is 3.85. The normalized spacial score (nSPS) is 10.3. The largest absolute Gasteiger partial charge is 0.382 e. The maximum atomic E-state index is 13.2. The number of aromatic nitrogens is 1. The van der Waals surface area contributed by atoms with Gasteiger partial charge in [-0.2, -0.15) is 0 Å². The zero-order chi connectivity index (χ0) is 12.4. The predicted molar refractivity (Wildman–Crippen MR) is 68.4 cm³/mol. The maximum Gasteiger partial charge on any atom is 0.160 e. The van der Waals surface area contributed by atoms with Gasteiger partial charge in [-0.25, -0.2) is 9.37 Å². The van der Waals surface area contributed by atoms with Gasteiger partial charge in [0.15, 0.2) is 5.82 Å². The number of nitrogens with one attached hydrogen (secondary N) is 1. The summed E-state index contributed by atoms with van der Waals surface area (Å²) in [7, 11) is 0. The van der Waals surface area contributed by atoms with E-state index in [0.717, 1.165) is 0 Å². The summed E-state index contributed by atoms with van der Waals surface area (Å²) in [5.74, 6) is -0.304. The minimum Gasteiger partial charge on any atom is -0.382 e. The molecule has 0 unspecified atom stereocenters. The van der Waals surface area contributed by atoms with Crippen molar-refractivity contribution in [3.63, 3.8) is 0 Å². The molecule has 0 atom stereocenters. The fraction of sp³-hybridized carbons (Fsp3) is 0. The van der Waals surface area contributed by atoms with E-state index in [9.17, 15) is 4.39 Å². The van der Waals surface area contributed by atoms with Gasteiger partial charge in [0, 0.05) is 11.9 Å². The first-order valence-electron chi connectivity index (χ1n) is 4.70. The van der Waals surface area contributed by atoms with Crippen LogP contribution in [0.5, 0.6) is 0 Å². The van der Waals surface area contributed by atoms with Gasteiger partial charge in [-0.05, 0) is 24.3 Å². The van der Waals surface area contributed by atoms with Crippen molar-refractivity contribution in [2.24, 2.45) is 0 Å². The van der Waals surface area contributed by atoms with Crippen LogP contribution < -0.4 is 11.1 Å². The van der Waals surface area contributed by atoms with Gasteiger partial charge < -0.3 is 11.1 Å². The highest BCUT2D eigenvalue weighted by Crippen LogP contribution is 2.29. The average molecular weight is 272 g/mol. The van der Waals surface area contributed by atoms with Gasteiger partial charge in [0.25, 0.3) is 0 Å². The van der Waals surface area contributed by atoms with Crippen molar-refractivity contribution in [1.82, 2.24) is 4.98 Å². The Morgan fingerprint density at radius 1 is 1.24 bits per heavy atom. The van der Waals surface area contributed by atoms with Gasteiger partial charge >= 0.3 is 0 Å². The van der Waals surface area contributed by atoms with Crippen molar-refractivity contribution in [3.8, 4) is 0 Å². The third-order valence-corrected chi connectivity index (χ3v) is 2.65. The van der Waals surface area contributed by atoms with E-state index in [-0.39, 0.29) is 10.0 Å². The number of nitrogen functional groups attached to an aromatic ring is 1. The highest BCUT2D eigenvalue weighted by atomic mass is 35.5. The Kier molecular flexibility index (Phi) is 3.36. The Hall–Kier alpha value is -1.52. The zero-order valence-corrected chi connectivity index (χ0v) is 10.1. The highest BCUT2D eigenvalue weighted by molar-refractivity contribution is 6.35. The van der Waals surface area contributed by atoms with Gasteiger partial charge in [-0.15, -0.1) is 0 Å². The first kappa shape index (κ1) is 12.0. The lowest BCUT2D eigenvalue weighted by Gasteiger charge is -2.09. The molecule has 1 aromatic carbocycles. The Morgan fingerprint density at radius 2 is 1.88 bits per heavy atom. The van der Waals surface area contributed by atoms with Gasteiger partial charge in [0.1, 0.15) is 5.82 Å². The fourth-order valence-electron chi connectivity index (χ4n) is 1.31. The van der Waals surface area contributed by atoms with Gasteiger partial charge in [-0.3, -0.25) is 0 Å². The molecule has 17 heavy (non-hydrogen) atoms. The summed E-state index contributed by atoms with van der Waals surface area (Å²) in [4.78, 5) is 3.91. The second-order valence-electron chi connectivity index (χ2n) is 3.32. The number of nitrogens with two attached hydrogens (primary N) is 1. The number of benzene rings is 1. The minimum absolute atomic E-state index is 0.0533. The lowest BCUT2D eigenvalue weighted by molar-refractivity contribution is 0.629. The van der Waals surface area contributed by atoms with Crippen LogP contribution in [-0.2, 0) is 0 Å². The van der Waals surface area contributed by atoms with Crippen LogP contribution >= 0.6 is 23.2 Å². The van der Waals surface area contributed by atoms with Crippen molar-refractivity contribution < 1.29 is 4.39 Å². The van der Waals surface area contributed by atoms with E-state index in [1.807, 2.05) is 0 Å². The number of hydrogen-bond donors (Lipinski definition) is 2. The number of rotatable bonds is 2. The van der Waals surface area contributed by atoms with Crippen molar-refractivity contribution in [2.75, 3.05) is 11.1 Å². The Balaban J connectivity index is 2.34. The molecule has 0 saturated heterocycles. The first-order chi connectivity index (χ1) is 8.08. The molecule has 3 nitrogen and oxygen atoms in total. The lowest BCUT2D eigenvalue weighted by Crippen LogP contribution is -1.98. The third kappa shape index (κ3) is 2.60. The number of hydrogen-bond acceptors (Lipinski definition) is 3. The Labute approximate surface area is 107 Å². The molecule has 3 N–H and O–H groups in total. The number of anilines is 3. The fourth-order valence-corrected chi connectivity index (χ4v) is 1.79. The molecule has 0 amide bonds. The first-order valence-corrected chi connectivity index (χ1v) is 5.45. The summed E-state index contributed by atoms with van der Waals surface area (Å²) in [5.41, 5.74) is 6.81. The van der Waals surface area contributed by atoms with Crippen LogP contribution in [0, 0.1) is 5.82 Å². The molecule has 0 spiro atoms. The van der Waals surface area contributed by atoms with E-state index in [1.165, 1.54) is 12.1 Å². The molecule has 0 aliphatic rings. The van der Waals surface area contributed by atoms with Crippen LogP contribution in [0.15, 0.2) is 30.5 Å². The van der Waals surface area contributed by atoms with Crippen LogP contribution in [0.1, 0.15) is 0 Å². The Bertz CT molecular complexity index is 537. The molecule has 88 valence electrons. The SMILES string of the molecule is Nc1ncccc1Nc1cc(Cl)c(F)c(Cl)c1. The molecule has 6 heteroatoms. The van der Waals surface area contributed by atoms with E-state index in [0.29, 0.717) is 17.2 Å². The zero-order valence-electron chi connectivity index (χ0n) is 8.55. The summed E-state index contributed by atoms with van der Waals surface area (Å²) < 4.78 is 13.2. The van der Waals surface area contributed by atoms with Crippen molar-refractivity contribution in [1.29, 1.82) is 0 Å². The van der Waals surface area contributed by atoms with Gasteiger partial charge in [0.2, 0.25) is 0 Å². The van der Waals surface area contributed by atoms with Crippen molar-refractivity contribution in [3.05, 3.63) is 46.3 Å². The van der Waals surface area contributed by atoms with Crippen molar-refractivity contribution >= 4 is 40.4 Å². The van der Waals surface area contributed by atoms with Crippen LogP contribution in [0.3, 0.4) is 0 Å². The highest BCUT2D eigenvalue weighted by Gasteiger charge is 2.08. The average Bonchev–Trinajstić information content (AvgIpc) is 2.29. The van der Waals surface area contributed by atoms with Crippen LogP contribution in [-0.4, -0.2) is 4.98 Å².